The lowest BCUT2D eigenvalue weighted by Crippen LogP contribution is -2.16. The van der Waals surface area contributed by atoms with Crippen LogP contribution in [0.4, 0.5) is 5.69 Å². The van der Waals surface area contributed by atoms with Crippen LogP contribution in [0.5, 0.6) is 0 Å². The van der Waals surface area contributed by atoms with Gasteiger partial charge in [0.25, 0.3) is 0 Å². The third-order valence-electron chi connectivity index (χ3n) is 2.83. The summed E-state index contributed by atoms with van der Waals surface area (Å²) in [6.07, 6.45) is 3.82. The number of rotatable bonds is 6. The number of hydrogen-bond acceptors (Lipinski definition) is 1. The fraction of sp³-hybridized carbons (Fsp3) is 0.571. The monoisotopic (exact) mass is 205 g/mol. The molecule has 0 saturated carbocycles. The zero-order chi connectivity index (χ0) is 11.1. The molecule has 0 heterocycles. The Bertz CT molecular complexity index is 264. The minimum absolute atomic E-state index is 0.469. The van der Waals surface area contributed by atoms with Gasteiger partial charge in [-0.3, -0.25) is 0 Å². The third-order valence-corrected chi connectivity index (χ3v) is 2.83. The van der Waals surface area contributed by atoms with Crippen LogP contribution >= 0.6 is 0 Å². The molecule has 15 heavy (non-hydrogen) atoms. The smallest absolute Gasteiger partial charge is 0.0340 e. The molecule has 84 valence electrons. The molecule has 0 bridgehead atoms. The summed E-state index contributed by atoms with van der Waals surface area (Å²) >= 11 is 0. The van der Waals surface area contributed by atoms with Crippen molar-refractivity contribution in [1.29, 1.82) is 0 Å². The Morgan fingerprint density at radius 1 is 1.07 bits per heavy atom. The van der Waals surface area contributed by atoms with Crippen molar-refractivity contribution in [3.8, 4) is 0 Å². The lowest BCUT2D eigenvalue weighted by Gasteiger charge is -2.24. The molecule has 1 heteroatoms. The van der Waals surface area contributed by atoms with Gasteiger partial charge in [-0.1, -0.05) is 45.4 Å². The zero-order valence-electron chi connectivity index (χ0n) is 10.2. The molecule has 0 spiro atoms. The largest absolute Gasteiger partial charge is 0.385 e. The van der Waals surface area contributed by atoms with Crippen LogP contribution in [0, 0.1) is 5.41 Å². The SMILES string of the molecule is CCCC(C)(C)CCNc1ccccc1. The van der Waals surface area contributed by atoms with E-state index in [4.69, 9.17) is 0 Å². The Hall–Kier alpha value is -0.980. The van der Waals surface area contributed by atoms with Crippen molar-refractivity contribution in [1.82, 2.24) is 0 Å². The second-order valence-corrected chi connectivity index (χ2v) is 4.96. The van der Waals surface area contributed by atoms with Crippen LogP contribution < -0.4 is 5.32 Å². The van der Waals surface area contributed by atoms with E-state index in [0.717, 1.165) is 6.54 Å². The Morgan fingerprint density at radius 2 is 1.73 bits per heavy atom. The van der Waals surface area contributed by atoms with Crippen molar-refractivity contribution >= 4 is 5.69 Å². The van der Waals surface area contributed by atoms with Gasteiger partial charge in [0, 0.05) is 12.2 Å². The summed E-state index contributed by atoms with van der Waals surface area (Å²) in [5, 5.41) is 3.46. The highest BCUT2D eigenvalue weighted by Crippen LogP contribution is 2.26. The average Bonchev–Trinajstić information content (AvgIpc) is 2.19. The van der Waals surface area contributed by atoms with Crippen molar-refractivity contribution in [2.24, 2.45) is 5.41 Å². The molecule has 0 atom stereocenters. The Balaban J connectivity index is 2.27. The van der Waals surface area contributed by atoms with Gasteiger partial charge in [-0.25, -0.2) is 0 Å². The first-order chi connectivity index (χ1) is 7.14. The fourth-order valence-electron chi connectivity index (χ4n) is 1.90. The highest BCUT2D eigenvalue weighted by Gasteiger charge is 2.15. The van der Waals surface area contributed by atoms with Gasteiger partial charge in [0.2, 0.25) is 0 Å². The van der Waals surface area contributed by atoms with Crippen LogP contribution in [-0.4, -0.2) is 6.54 Å². The average molecular weight is 205 g/mol. The summed E-state index contributed by atoms with van der Waals surface area (Å²) in [4.78, 5) is 0. The molecule has 0 unspecified atom stereocenters. The van der Waals surface area contributed by atoms with E-state index in [1.165, 1.54) is 24.9 Å². The minimum Gasteiger partial charge on any atom is -0.385 e. The quantitative estimate of drug-likeness (QED) is 0.729. The molecule has 0 aliphatic rings. The van der Waals surface area contributed by atoms with E-state index in [9.17, 15) is 0 Å². The van der Waals surface area contributed by atoms with Gasteiger partial charge in [-0.2, -0.15) is 0 Å². The van der Waals surface area contributed by atoms with Crippen molar-refractivity contribution in [2.45, 2.75) is 40.0 Å². The second kappa shape index (κ2) is 5.79. The summed E-state index contributed by atoms with van der Waals surface area (Å²) in [6.45, 7) is 8.02. The Morgan fingerprint density at radius 3 is 2.33 bits per heavy atom. The molecular weight excluding hydrogens is 182 g/mol. The molecule has 0 aliphatic heterocycles. The molecule has 0 saturated heterocycles. The summed E-state index contributed by atoms with van der Waals surface area (Å²) in [5.41, 5.74) is 1.70. The van der Waals surface area contributed by atoms with Crippen LogP contribution in [-0.2, 0) is 0 Å². The fourth-order valence-corrected chi connectivity index (χ4v) is 1.90. The Kier molecular flexibility index (Phi) is 4.67. The lowest BCUT2D eigenvalue weighted by atomic mass is 9.85. The van der Waals surface area contributed by atoms with Crippen molar-refractivity contribution < 1.29 is 0 Å². The van der Waals surface area contributed by atoms with E-state index < -0.39 is 0 Å². The topological polar surface area (TPSA) is 12.0 Å². The number of para-hydroxylation sites is 1. The highest BCUT2D eigenvalue weighted by molar-refractivity contribution is 5.42. The Labute approximate surface area is 93.9 Å². The first-order valence-corrected chi connectivity index (χ1v) is 5.93. The number of hydrogen-bond donors (Lipinski definition) is 1. The third kappa shape index (κ3) is 4.87. The van der Waals surface area contributed by atoms with Crippen LogP contribution in [0.15, 0.2) is 30.3 Å². The molecule has 1 aromatic rings. The molecule has 1 N–H and O–H groups in total. The lowest BCUT2D eigenvalue weighted by molar-refractivity contribution is 0.313. The standard InChI is InChI=1S/C14H23N/c1-4-10-14(2,3)11-12-15-13-8-6-5-7-9-13/h5-9,15H,4,10-12H2,1-3H3. The van der Waals surface area contributed by atoms with Gasteiger partial charge >= 0.3 is 0 Å². The normalized spacial score (nSPS) is 11.4. The van der Waals surface area contributed by atoms with Gasteiger partial charge in [0.05, 0.1) is 0 Å². The first-order valence-electron chi connectivity index (χ1n) is 5.93. The number of benzene rings is 1. The molecule has 0 aliphatic carbocycles. The first kappa shape index (κ1) is 12.1. The van der Waals surface area contributed by atoms with Gasteiger partial charge in [-0.05, 0) is 30.4 Å². The van der Waals surface area contributed by atoms with E-state index in [-0.39, 0.29) is 0 Å². The van der Waals surface area contributed by atoms with Crippen molar-refractivity contribution in [3.05, 3.63) is 30.3 Å². The molecule has 0 fully saturated rings. The van der Waals surface area contributed by atoms with E-state index in [1.807, 2.05) is 6.07 Å². The van der Waals surface area contributed by atoms with Gasteiger partial charge in [0.1, 0.15) is 0 Å². The molecule has 1 aromatic carbocycles. The van der Waals surface area contributed by atoms with Gasteiger partial charge in [0.15, 0.2) is 0 Å². The van der Waals surface area contributed by atoms with E-state index in [0.29, 0.717) is 5.41 Å². The summed E-state index contributed by atoms with van der Waals surface area (Å²) in [6, 6.07) is 10.4. The summed E-state index contributed by atoms with van der Waals surface area (Å²) in [7, 11) is 0. The molecule has 0 radical (unpaired) electrons. The zero-order valence-corrected chi connectivity index (χ0v) is 10.2. The van der Waals surface area contributed by atoms with Gasteiger partial charge < -0.3 is 5.32 Å². The second-order valence-electron chi connectivity index (χ2n) is 4.96. The van der Waals surface area contributed by atoms with Gasteiger partial charge in [-0.15, -0.1) is 0 Å². The molecule has 1 nitrogen and oxygen atoms in total. The van der Waals surface area contributed by atoms with Crippen LogP contribution in [0.1, 0.15) is 40.0 Å². The van der Waals surface area contributed by atoms with Crippen LogP contribution in [0.2, 0.25) is 0 Å². The predicted molar refractivity (Wildman–Crippen MR) is 68.2 cm³/mol. The minimum atomic E-state index is 0.469. The molecule has 1 rings (SSSR count). The molecule has 0 amide bonds. The molecular formula is C14H23N. The van der Waals surface area contributed by atoms with Crippen LogP contribution in [0.3, 0.4) is 0 Å². The predicted octanol–water partition coefficient (Wildman–Crippen LogP) is 4.31. The van der Waals surface area contributed by atoms with E-state index in [2.05, 4.69) is 50.4 Å². The van der Waals surface area contributed by atoms with Crippen LogP contribution in [0.25, 0.3) is 0 Å². The number of anilines is 1. The maximum absolute atomic E-state index is 3.46. The summed E-state index contributed by atoms with van der Waals surface area (Å²) in [5.74, 6) is 0. The highest BCUT2D eigenvalue weighted by atomic mass is 14.9. The maximum atomic E-state index is 3.46. The van der Waals surface area contributed by atoms with E-state index in [1.54, 1.807) is 0 Å². The molecule has 0 aromatic heterocycles. The summed E-state index contributed by atoms with van der Waals surface area (Å²) < 4.78 is 0. The maximum Gasteiger partial charge on any atom is 0.0340 e. The van der Waals surface area contributed by atoms with E-state index >= 15 is 0 Å². The van der Waals surface area contributed by atoms with Crippen molar-refractivity contribution in [3.63, 3.8) is 0 Å². The number of nitrogens with one attached hydrogen (secondary N) is 1. The van der Waals surface area contributed by atoms with Crippen molar-refractivity contribution in [2.75, 3.05) is 11.9 Å².